The van der Waals surface area contributed by atoms with Gasteiger partial charge in [0.1, 0.15) is 6.07 Å². The maximum absolute atomic E-state index is 12.4. The number of alkyl halides is 3. The summed E-state index contributed by atoms with van der Waals surface area (Å²) >= 11 is 2.56. The third kappa shape index (κ3) is 2.17. The van der Waals surface area contributed by atoms with Crippen LogP contribution in [0.2, 0.25) is 0 Å². The van der Waals surface area contributed by atoms with Crippen molar-refractivity contribution in [3.8, 4) is 6.07 Å². The molecule has 0 aromatic heterocycles. The van der Waals surface area contributed by atoms with Crippen molar-refractivity contribution in [1.29, 1.82) is 5.26 Å². The standard InChI is InChI=1S/C9H3BrF3NO2/c10-7-5(9(11,12)13)2-1-4(3-14)6(7)8(15)16/h1-2H,(H,15,16). The first-order chi connectivity index (χ1) is 7.29. The van der Waals surface area contributed by atoms with E-state index in [4.69, 9.17) is 10.4 Å². The van der Waals surface area contributed by atoms with Gasteiger partial charge >= 0.3 is 12.1 Å². The average molecular weight is 294 g/mol. The molecule has 3 nitrogen and oxygen atoms in total. The van der Waals surface area contributed by atoms with Gasteiger partial charge in [-0.1, -0.05) is 0 Å². The van der Waals surface area contributed by atoms with Gasteiger partial charge in [-0.15, -0.1) is 0 Å². The first-order valence-corrected chi connectivity index (χ1v) is 4.61. The van der Waals surface area contributed by atoms with Crippen molar-refractivity contribution in [1.82, 2.24) is 0 Å². The molecule has 0 radical (unpaired) electrons. The second-order valence-electron chi connectivity index (χ2n) is 2.76. The van der Waals surface area contributed by atoms with Crippen molar-refractivity contribution >= 4 is 21.9 Å². The Morgan fingerprint density at radius 3 is 2.38 bits per heavy atom. The Kier molecular flexibility index (Phi) is 3.24. The summed E-state index contributed by atoms with van der Waals surface area (Å²) in [7, 11) is 0. The minimum atomic E-state index is -4.67. The van der Waals surface area contributed by atoms with Gasteiger partial charge in [-0.2, -0.15) is 18.4 Å². The van der Waals surface area contributed by atoms with Crippen LogP contribution in [0, 0.1) is 11.3 Å². The van der Waals surface area contributed by atoms with Crippen molar-refractivity contribution in [2.24, 2.45) is 0 Å². The number of nitriles is 1. The van der Waals surface area contributed by atoms with Crippen LogP contribution in [0.1, 0.15) is 21.5 Å². The van der Waals surface area contributed by atoms with Crippen LogP contribution >= 0.6 is 15.9 Å². The molecule has 0 spiro atoms. The van der Waals surface area contributed by atoms with Crippen molar-refractivity contribution in [3.05, 3.63) is 33.3 Å². The summed E-state index contributed by atoms with van der Waals surface area (Å²) in [5.74, 6) is -1.59. The number of benzene rings is 1. The van der Waals surface area contributed by atoms with E-state index in [0.29, 0.717) is 6.07 Å². The molecule has 0 aliphatic carbocycles. The zero-order valence-corrected chi connectivity index (χ0v) is 9.06. The SMILES string of the molecule is N#Cc1ccc(C(F)(F)F)c(Br)c1C(=O)O. The van der Waals surface area contributed by atoms with E-state index in [2.05, 4.69) is 15.9 Å². The highest BCUT2D eigenvalue weighted by Gasteiger charge is 2.35. The Labute approximate surface area is 96.2 Å². The third-order valence-corrected chi connectivity index (χ3v) is 2.61. The van der Waals surface area contributed by atoms with Crippen molar-refractivity contribution < 1.29 is 23.1 Å². The summed E-state index contributed by atoms with van der Waals surface area (Å²) in [6.07, 6.45) is -4.67. The summed E-state index contributed by atoms with van der Waals surface area (Å²) in [6.45, 7) is 0. The lowest BCUT2D eigenvalue weighted by molar-refractivity contribution is -0.138. The lowest BCUT2D eigenvalue weighted by Gasteiger charge is -2.11. The average Bonchev–Trinajstić information content (AvgIpc) is 2.14. The molecule has 0 aliphatic rings. The zero-order valence-electron chi connectivity index (χ0n) is 7.47. The minimum absolute atomic E-state index is 0.327. The van der Waals surface area contributed by atoms with Crippen LogP contribution in [0.25, 0.3) is 0 Å². The molecule has 0 fully saturated rings. The number of aromatic carboxylic acids is 1. The van der Waals surface area contributed by atoms with Gasteiger partial charge in [0.25, 0.3) is 0 Å². The lowest BCUT2D eigenvalue weighted by atomic mass is 10.0. The highest BCUT2D eigenvalue weighted by molar-refractivity contribution is 9.10. The van der Waals surface area contributed by atoms with Crippen LogP contribution in [0.15, 0.2) is 16.6 Å². The molecule has 0 saturated carbocycles. The van der Waals surface area contributed by atoms with E-state index in [0.717, 1.165) is 6.07 Å². The minimum Gasteiger partial charge on any atom is -0.478 e. The fraction of sp³-hybridized carbons (Fsp3) is 0.111. The molecule has 1 rings (SSSR count). The Bertz CT molecular complexity index is 491. The zero-order chi connectivity index (χ0) is 12.5. The topological polar surface area (TPSA) is 61.1 Å². The van der Waals surface area contributed by atoms with E-state index < -0.39 is 27.7 Å². The predicted molar refractivity (Wildman–Crippen MR) is 50.8 cm³/mol. The van der Waals surface area contributed by atoms with Gasteiger partial charge in [-0.25, -0.2) is 4.79 Å². The van der Waals surface area contributed by atoms with E-state index in [-0.39, 0.29) is 5.56 Å². The Morgan fingerprint density at radius 2 is 2.00 bits per heavy atom. The van der Waals surface area contributed by atoms with Crippen molar-refractivity contribution in [3.63, 3.8) is 0 Å². The van der Waals surface area contributed by atoms with Crippen LogP contribution in [-0.4, -0.2) is 11.1 Å². The first kappa shape index (κ1) is 12.5. The van der Waals surface area contributed by atoms with Gasteiger partial charge in [-0.05, 0) is 28.1 Å². The Balaban J connectivity index is 3.58. The van der Waals surface area contributed by atoms with E-state index in [1.807, 2.05) is 0 Å². The molecule has 1 aromatic carbocycles. The molecule has 1 N–H and O–H groups in total. The van der Waals surface area contributed by atoms with E-state index in [1.54, 1.807) is 0 Å². The molecule has 84 valence electrons. The van der Waals surface area contributed by atoms with Crippen molar-refractivity contribution in [2.75, 3.05) is 0 Å². The van der Waals surface area contributed by atoms with Crippen LogP contribution in [0.4, 0.5) is 13.2 Å². The first-order valence-electron chi connectivity index (χ1n) is 3.82. The monoisotopic (exact) mass is 293 g/mol. The highest BCUT2D eigenvalue weighted by atomic mass is 79.9. The number of halogens is 4. The van der Waals surface area contributed by atoms with Crippen LogP contribution in [0.5, 0.6) is 0 Å². The fourth-order valence-corrected chi connectivity index (χ4v) is 1.84. The molecule has 0 unspecified atom stereocenters. The maximum Gasteiger partial charge on any atom is 0.417 e. The summed E-state index contributed by atoms with van der Waals surface area (Å²) < 4.78 is 36.6. The van der Waals surface area contributed by atoms with Crippen LogP contribution in [-0.2, 0) is 6.18 Å². The van der Waals surface area contributed by atoms with Gasteiger partial charge in [0.2, 0.25) is 0 Å². The second kappa shape index (κ2) is 4.14. The lowest BCUT2D eigenvalue weighted by Crippen LogP contribution is -2.11. The fourth-order valence-electron chi connectivity index (χ4n) is 1.10. The second-order valence-corrected chi connectivity index (χ2v) is 3.56. The van der Waals surface area contributed by atoms with Gasteiger partial charge in [0, 0.05) is 4.47 Å². The van der Waals surface area contributed by atoms with Crippen molar-refractivity contribution in [2.45, 2.75) is 6.18 Å². The molecular weight excluding hydrogens is 291 g/mol. The van der Waals surface area contributed by atoms with E-state index in [9.17, 15) is 18.0 Å². The van der Waals surface area contributed by atoms with Gasteiger partial charge < -0.3 is 5.11 Å². The normalized spacial score (nSPS) is 10.9. The quantitative estimate of drug-likeness (QED) is 0.866. The Hall–Kier alpha value is -1.55. The molecule has 0 bridgehead atoms. The molecule has 16 heavy (non-hydrogen) atoms. The predicted octanol–water partition coefficient (Wildman–Crippen LogP) is 3.04. The van der Waals surface area contributed by atoms with Gasteiger partial charge in [-0.3, -0.25) is 0 Å². The highest BCUT2D eigenvalue weighted by Crippen LogP contribution is 2.37. The molecule has 0 aliphatic heterocycles. The maximum atomic E-state index is 12.4. The molecule has 0 atom stereocenters. The number of carbonyl (C=O) groups is 1. The summed E-state index contributed by atoms with van der Waals surface area (Å²) in [6, 6.07) is 3.01. The number of hydrogen-bond donors (Lipinski definition) is 1. The van der Waals surface area contributed by atoms with E-state index >= 15 is 0 Å². The Morgan fingerprint density at radius 1 is 1.44 bits per heavy atom. The molecule has 7 heteroatoms. The summed E-state index contributed by atoms with van der Waals surface area (Å²) in [5.41, 5.74) is -2.13. The molecular formula is C9H3BrF3NO2. The smallest absolute Gasteiger partial charge is 0.417 e. The number of carboxylic acids is 1. The van der Waals surface area contributed by atoms with Gasteiger partial charge in [0.05, 0.1) is 16.7 Å². The van der Waals surface area contributed by atoms with E-state index in [1.165, 1.54) is 6.07 Å². The summed E-state index contributed by atoms with van der Waals surface area (Å²) in [4.78, 5) is 10.7. The number of hydrogen-bond acceptors (Lipinski definition) is 2. The number of rotatable bonds is 1. The number of carboxylic acid groups (broad SMARTS) is 1. The molecule has 0 heterocycles. The largest absolute Gasteiger partial charge is 0.478 e. The number of nitrogens with zero attached hydrogens (tertiary/aromatic N) is 1. The molecule has 1 aromatic rings. The third-order valence-electron chi connectivity index (χ3n) is 1.78. The van der Waals surface area contributed by atoms with Crippen LogP contribution in [0.3, 0.4) is 0 Å². The van der Waals surface area contributed by atoms with Gasteiger partial charge in [0.15, 0.2) is 0 Å². The molecule has 0 amide bonds. The summed E-state index contributed by atoms with van der Waals surface area (Å²) in [5, 5.41) is 17.3. The molecule has 0 saturated heterocycles. The van der Waals surface area contributed by atoms with Crippen LogP contribution < -0.4 is 0 Å².